The van der Waals surface area contributed by atoms with E-state index >= 15 is 0 Å². The van der Waals surface area contributed by atoms with Crippen molar-refractivity contribution in [1.29, 1.82) is 0 Å². The largest absolute Gasteiger partial charge is 0.481 e. The summed E-state index contributed by atoms with van der Waals surface area (Å²) in [6.07, 6.45) is 0.122. The molecule has 1 fully saturated rings. The average Bonchev–Trinajstić information content (AvgIpc) is 2.85. The van der Waals surface area contributed by atoms with Gasteiger partial charge in [-0.3, -0.25) is 4.79 Å². The molecule has 0 aromatic heterocycles. The zero-order valence-corrected chi connectivity index (χ0v) is 12.8. The van der Waals surface area contributed by atoms with Crippen molar-refractivity contribution in [2.45, 2.75) is 24.9 Å². The van der Waals surface area contributed by atoms with Crippen molar-refractivity contribution in [3.63, 3.8) is 0 Å². The number of hydrogen-bond donors (Lipinski definition) is 1. The molecule has 10 heteroatoms. The van der Waals surface area contributed by atoms with Crippen LogP contribution in [0.4, 0.5) is 13.2 Å². The van der Waals surface area contributed by atoms with Crippen molar-refractivity contribution < 1.29 is 36.2 Å². The van der Waals surface area contributed by atoms with Crippen molar-refractivity contribution in [3.05, 3.63) is 24.0 Å². The highest BCUT2D eigenvalue weighted by molar-refractivity contribution is 7.89. The molecule has 1 heterocycles. The topological polar surface area (TPSA) is 83.9 Å². The van der Waals surface area contributed by atoms with E-state index in [1.165, 1.54) is 6.92 Å². The van der Waals surface area contributed by atoms with E-state index in [2.05, 4.69) is 4.74 Å². The number of carboxylic acids is 1. The lowest BCUT2D eigenvalue weighted by atomic mass is 9.90. The third-order valence-electron chi connectivity index (χ3n) is 3.71. The summed E-state index contributed by atoms with van der Waals surface area (Å²) in [5, 5.41) is 9.12. The first-order valence-electron chi connectivity index (χ1n) is 6.54. The molecule has 0 aliphatic carbocycles. The summed E-state index contributed by atoms with van der Waals surface area (Å²) in [6.45, 7) is -2.09. The highest BCUT2D eigenvalue weighted by Crippen LogP contribution is 2.34. The summed E-state index contributed by atoms with van der Waals surface area (Å²) in [7, 11) is -4.12. The van der Waals surface area contributed by atoms with E-state index in [0.29, 0.717) is 6.07 Å². The number of nitrogens with zero attached hydrogens (tertiary/aromatic N) is 1. The Morgan fingerprint density at radius 1 is 1.43 bits per heavy atom. The van der Waals surface area contributed by atoms with Gasteiger partial charge in [-0.05, 0) is 31.5 Å². The van der Waals surface area contributed by atoms with Crippen LogP contribution in [0.5, 0.6) is 5.75 Å². The predicted molar refractivity (Wildman–Crippen MR) is 72.2 cm³/mol. The number of carbonyl (C=O) groups is 1. The Morgan fingerprint density at radius 3 is 2.57 bits per heavy atom. The van der Waals surface area contributed by atoms with Crippen LogP contribution in [0.2, 0.25) is 0 Å². The normalized spacial score (nSPS) is 22.5. The third kappa shape index (κ3) is 3.42. The van der Waals surface area contributed by atoms with Crippen LogP contribution in [0, 0.1) is 11.2 Å². The number of alkyl halides is 2. The second-order valence-corrected chi connectivity index (χ2v) is 7.36. The van der Waals surface area contributed by atoms with E-state index in [9.17, 15) is 26.4 Å². The molecule has 1 atom stereocenters. The molecule has 0 saturated carbocycles. The summed E-state index contributed by atoms with van der Waals surface area (Å²) < 4.78 is 67.5. The summed E-state index contributed by atoms with van der Waals surface area (Å²) >= 11 is 0. The molecule has 1 saturated heterocycles. The lowest BCUT2D eigenvalue weighted by Gasteiger charge is -2.20. The SMILES string of the molecule is CC1(C(=O)O)CCN(S(=O)(=O)c2ccc(OC(F)F)c(F)c2)C1. The molecule has 23 heavy (non-hydrogen) atoms. The lowest BCUT2D eigenvalue weighted by Crippen LogP contribution is -2.34. The van der Waals surface area contributed by atoms with Gasteiger partial charge in [0.2, 0.25) is 10.0 Å². The summed E-state index contributed by atoms with van der Waals surface area (Å²) in [5.41, 5.74) is -1.22. The minimum absolute atomic E-state index is 0.0258. The van der Waals surface area contributed by atoms with Gasteiger partial charge in [0.05, 0.1) is 10.3 Å². The number of aliphatic carboxylic acids is 1. The molecule has 1 aliphatic heterocycles. The first-order chi connectivity index (χ1) is 10.6. The second-order valence-electron chi connectivity index (χ2n) is 5.43. The number of ether oxygens (including phenoxy) is 1. The Hall–Kier alpha value is -1.81. The summed E-state index contributed by atoms with van der Waals surface area (Å²) in [5.74, 6) is -3.13. The lowest BCUT2D eigenvalue weighted by molar-refractivity contribution is -0.146. The van der Waals surface area contributed by atoms with Gasteiger partial charge in [0.15, 0.2) is 11.6 Å². The van der Waals surface area contributed by atoms with E-state index in [4.69, 9.17) is 5.11 Å². The molecule has 1 aromatic rings. The Morgan fingerprint density at radius 2 is 2.09 bits per heavy atom. The minimum atomic E-state index is -4.12. The van der Waals surface area contributed by atoms with Gasteiger partial charge >= 0.3 is 12.6 Å². The minimum Gasteiger partial charge on any atom is -0.481 e. The van der Waals surface area contributed by atoms with Crippen LogP contribution in [0.15, 0.2) is 23.1 Å². The molecular formula is C13H14F3NO5S. The summed E-state index contributed by atoms with van der Waals surface area (Å²) in [6, 6.07) is 2.30. The monoisotopic (exact) mass is 353 g/mol. The molecule has 2 rings (SSSR count). The maximum atomic E-state index is 13.7. The Kier molecular flexibility index (Phi) is 4.58. The molecule has 0 bridgehead atoms. The van der Waals surface area contributed by atoms with Crippen LogP contribution in [0.3, 0.4) is 0 Å². The van der Waals surface area contributed by atoms with Crippen LogP contribution in [0.1, 0.15) is 13.3 Å². The van der Waals surface area contributed by atoms with Crippen LogP contribution in [-0.4, -0.2) is 43.5 Å². The maximum absolute atomic E-state index is 13.7. The van der Waals surface area contributed by atoms with Gasteiger partial charge in [-0.2, -0.15) is 13.1 Å². The zero-order chi connectivity index (χ0) is 17.4. The third-order valence-corrected chi connectivity index (χ3v) is 5.55. The fraction of sp³-hybridized carbons (Fsp3) is 0.462. The molecular weight excluding hydrogens is 339 g/mol. The van der Waals surface area contributed by atoms with Gasteiger partial charge in [-0.15, -0.1) is 0 Å². The number of rotatable bonds is 5. The second kappa shape index (κ2) is 6.00. The standard InChI is InChI=1S/C13H14F3NO5S/c1-13(11(18)19)4-5-17(7-13)23(20,21)8-2-3-10(9(14)6-8)22-12(15)16/h2-3,6,12H,4-5,7H2,1H3,(H,18,19). The first-order valence-corrected chi connectivity index (χ1v) is 7.98. The van der Waals surface area contributed by atoms with Gasteiger partial charge in [0.1, 0.15) is 0 Å². The molecule has 128 valence electrons. The Bertz CT molecular complexity index is 724. The fourth-order valence-electron chi connectivity index (χ4n) is 2.28. The van der Waals surface area contributed by atoms with Gasteiger partial charge in [0.25, 0.3) is 0 Å². The molecule has 0 spiro atoms. The number of halogens is 3. The van der Waals surface area contributed by atoms with Gasteiger partial charge in [-0.25, -0.2) is 12.8 Å². The highest BCUT2D eigenvalue weighted by Gasteiger charge is 2.45. The van der Waals surface area contributed by atoms with E-state index < -0.39 is 44.5 Å². The van der Waals surface area contributed by atoms with Gasteiger partial charge in [0, 0.05) is 13.1 Å². The Labute approximate surface area is 130 Å². The molecule has 0 amide bonds. The summed E-state index contributed by atoms with van der Waals surface area (Å²) in [4.78, 5) is 10.7. The highest BCUT2D eigenvalue weighted by atomic mass is 32.2. The number of benzene rings is 1. The first kappa shape index (κ1) is 17.5. The average molecular weight is 353 g/mol. The van der Waals surface area contributed by atoms with E-state index in [1.54, 1.807) is 0 Å². The van der Waals surface area contributed by atoms with Crippen LogP contribution < -0.4 is 4.74 Å². The maximum Gasteiger partial charge on any atom is 0.387 e. The zero-order valence-electron chi connectivity index (χ0n) is 12.0. The van der Waals surface area contributed by atoms with Crippen molar-refractivity contribution in [2.75, 3.05) is 13.1 Å². The van der Waals surface area contributed by atoms with Gasteiger partial charge in [-0.1, -0.05) is 0 Å². The quantitative estimate of drug-likeness (QED) is 0.874. The molecule has 1 N–H and O–H groups in total. The molecule has 1 unspecified atom stereocenters. The molecule has 1 aromatic carbocycles. The predicted octanol–water partition coefficient (Wildman–Crippen LogP) is 1.91. The number of sulfonamides is 1. The Balaban J connectivity index is 2.27. The van der Waals surface area contributed by atoms with Crippen molar-refractivity contribution >= 4 is 16.0 Å². The van der Waals surface area contributed by atoms with Crippen LogP contribution >= 0.6 is 0 Å². The molecule has 1 aliphatic rings. The van der Waals surface area contributed by atoms with E-state index in [-0.39, 0.29) is 19.5 Å². The number of carboxylic acid groups (broad SMARTS) is 1. The van der Waals surface area contributed by atoms with Crippen molar-refractivity contribution in [3.8, 4) is 5.75 Å². The van der Waals surface area contributed by atoms with Crippen LogP contribution in [0.25, 0.3) is 0 Å². The number of hydrogen-bond acceptors (Lipinski definition) is 4. The van der Waals surface area contributed by atoms with E-state index in [0.717, 1.165) is 16.4 Å². The smallest absolute Gasteiger partial charge is 0.387 e. The molecule has 0 radical (unpaired) electrons. The van der Waals surface area contributed by atoms with Crippen molar-refractivity contribution in [2.24, 2.45) is 5.41 Å². The molecule has 6 nitrogen and oxygen atoms in total. The van der Waals surface area contributed by atoms with E-state index in [1.807, 2.05) is 0 Å². The van der Waals surface area contributed by atoms with Gasteiger partial charge < -0.3 is 9.84 Å². The fourth-order valence-corrected chi connectivity index (χ4v) is 3.86. The van der Waals surface area contributed by atoms with Crippen molar-refractivity contribution in [1.82, 2.24) is 4.31 Å². The van der Waals surface area contributed by atoms with Crippen LogP contribution in [-0.2, 0) is 14.8 Å².